The van der Waals surface area contributed by atoms with Gasteiger partial charge in [0.2, 0.25) is 0 Å². The van der Waals surface area contributed by atoms with Gasteiger partial charge < -0.3 is 90.3 Å². The topological polar surface area (TPSA) is 309 Å². The SMILES string of the molecule is CC1O[C@H](OC(C(O)C(O)C=O)[C@H](O)CO)[C@H](O)C(O)C1OC1O[C@H](C)C(NC2C=C(CO)[C@@H](O)C(O)[C@H]2O)[C@H](O)C1O. The first kappa shape index (κ1) is 36.2. The van der Waals surface area contributed by atoms with Gasteiger partial charge in [0, 0.05) is 0 Å². The first-order valence-electron chi connectivity index (χ1n) is 13.7. The number of aliphatic hydroxyl groups excluding tert-OH is 12. The van der Waals surface area contributed by atoms with Crippen molar-refractivity contribution in [3.63, 3.8) is 0 Å². The third-order valence-electron chi connectivity index (χ3n) is 7.99. The van der Waals surface area contributed by atoms with Gasteiger partial charge in [0.1, 0.15) is 73.2 Å². The highest BCUT2D eigenvalue weighted by molar-refractivity contribution is 5.56. The summed E-state index contributed by atoms with van der Waals surface area (Å²) in [5, 5.41) is 125. The van der Waals surface area contributed by atoms with E-state index in [2.05, 4.69) is 5.32 Å². The maximum absolute atomic E-state index is 10.9. The molecule has 0 aromatic carbocycles. The minimum Gasteiger partial charge on any atom is -0.394 e. The van der Waals surface area contributed by atoms with E-state index in [4.69, 9.17) is 18.9 Å². The molecule has 2 fully saturated rings. The number of carbonyl (C=O) groups is 1. The zero-order valence-corrected chi connectivity index (χ0v) is 23.4. The Morgan fingerprint density at radius 2 is 1.47 bits per heavy atom. The molecular formula is C25H43NO17. The summed E-state index contributed by atoms with van der Waals surface area (Å²) in [6.07, 6.45) is -25.1. The van der Waals surface area contributed by atoms with Crippen LogP contribution in [0.5, 0.6) is 0 Å². The summed E-state index contributed by atoms with van der Waals surface area (Å²) in [4.78, 5) is 10.9. The van der Waals surface area contributed by atoms with Crippen LogP contribution >= 0.6 is 0 Å². The first-order valence-corrected chi connectivity index (χ1v) is 13.7. The lowest BCUT2D eigenvalue weighted by atomic mass is 9.86. The number of hydrogen-bond donors (Lipinski definition) is 13. The summed E-state index contributed by atoms with van der Waals surface area (Å²) in [5.74, 6) is 0. The van der Waals surface area contributed by atoms with Crippen LogP contribution in [0.4, 0.5) is 0 Å². The van der Waals surface area contributed by atoms with Crippen molar-refractivity contribution in [3.8, 4) is 0 Å². The Kier molecular flexibility index (Phi) is 12.9. The third kappa shape index (κ3) is 7.76. The Balaban J connectivity index is 1.67. The smallest absolute Gasteiger partial charge is 0.187 e. The number of ether oxygens (including phenoxy) is 4. The van der Waals surface area contributed by atoms with E-state index < -0.39 is 123 Å². The molecule has 250 valence electrons. The molecule has 0 spiro atoms. The van der Waals surface area contributed by atoms with E-state index >= 15 is 0 Å². The predicted molar refractivity (Wildman–Crippen MR) is 138 cm³/mol. The summed E-state index contributed by atoms with van der Waals surface area (Å²) < 4.78 is 22.3. The van der Waals surface area contributed by atoms with Gasteiger partial charge in [-0.2, -0.15) is 0 Å². The molecule has 43 heavy (non-hydrogen) atoms. The van der Waals surface area contributed by atoms with Crippen LogP contribution in [0.1, 0.15) is 13.8 Å². The van der Waals surface area contributed by atoms with Crippen LogP contribution in [-0.2, 0) is 23.7 Å². The van der Waals surface area contributed by atoms with Crippen molar-refractivity contribution in [1.82, 2.24) is 5.32 Å². The minimum absolute atomic E-state index is 0.0312. The van der Waals surface area contributed by atoms with Gasteiger partial charge in [-0.25, -0.2) is 0 Å². The van der Waals surface area contributed by atoms with Crippen LogP contribution in [-0.4, -0.2) is 191 Å². The molecule has 3 aliphatic rings. The van der Waals surface area contributed by atoms with Gasteiger partial charge in [0.25, 0.3) is 0 Å². The number of aldehydes is 1. The number of carbonyl (C=O) groups excluding carboxylic acids is 1. The fraction of sp³-hybridized carbons (Fsp3) is 0.880. The zero-order chi connectivity index (χ0) is 32.3. The van der Waals surface area contributed by atoms with Crippen LogP contribution in [0.25, 0.3) is 0 Å². The molecule has 18 atom stereocenters. The molecule has 0 saturated carbocycles. The second-order valence-corrected chi connectivity index (χ2v) is 11.0. The molecule has 2 aliphatic heterocycles. The van der Waals surface area contributed by atoms with Crippen LogP contribution in [0.3, 0.4) is 0 Å². The normalized spacial score (nSPS) is 45.1. The highest BCUT2D eigenvalue weighted by Gasteiger charge is 2.51. The Morgan fingerprint density at radius 3 is 2.05 bits per heavy atom. The van der Waals surface area contributed by atoms with Crippen molar-refractivity contribution in [2.75, 3.05) is 13.2 Å². The fourth-order valence-corrected chi connectivity index (χ4v) is 5.33. The summed E-state index contributed by atoms with van der Waals surface area (Å²) >= 11 is 0. The minimum atomic E-state index is -2.04. The summed E-state index contributed by atoms with van der Waals surface area (Å²) in [6.45, 7) is 1.29. The lowest BCUT2D eigenvalue weighted by Crippen LogP contribution is -2.68. The van der Waals surface area contributed by atoms with Gasteiger partial charge in [-0.05, 0) is 19.4 Å². The molecule has 0 aromatic heterocycles. The van der Waals surface area contributed by atoms with Crippen molar-refractivity contribution in [2.24, 2.45) is 0 Å². The van der Waals surface area contributed by atoms with Gasteiger partial charge >= 0.3 is 0 Å². The number of aliphatic hydroxyl groups is 12. The molecule has 3 rings (SSSR count). The average Bonchev–Trinajstić information content (AvgIpc) is 2.99. The number of rotatable bonds is 12. The molecule has 0 amide bonds. The van der Waals surface area contributed by atoms with E-state index in [1.165, 1.54) is 19.9 Å². The number of hydrogen-bond acceptors (Lipinski definition) is 18. The standard InChI is InChI=1S/C25H43NO17/c1-7-13(26-10-3-9(4-27)14(32)18(36)15(10)33)17(35)20(38)24(40-7)42-22-8(2)41-25(21(39)19(22)37)43-23(12(31)6-29)16(34)11(30)5-28/h3,5,7-8,10-27,29-39H,4,6H2,1-2H3/t7-,8?,10?,11?,12-,13?,14-,15+,16?,17+,18?,19?,20?,21-,22?,23?,24?,25-/m1/s1. The third-order valence-corrected chi connectivity index (χ3v) is 7.99. The number of nitrogens with one attached hydrogen (secondary N) is 1. The van der Waals surface area contributed by atoms with Gasteiger partial charge in [-0.3, -0.25) is 0 Å². The molecule has 18 nitrogen and oxygen atoms in total. The zero-order valence-electron chi connectivity index (χ0n) is 23.4. The second-order valence-electron chi connectivity index (χ2n) is 11.0. The van der Waals surface area contributed by atoms with Crippen molar-refractivity contribution < 1.29 is 85.0 Å². The van der Waals surface area contributed by atoms with Crippen molar-refractivity contribution >= 4 is 6.29 Å². The van der Waals surface area contributed by atoms with E-state index in [9.17, 15) is 66.1 Å². The monoisotopic (exact) mass is 629 g/mol. The molecule has 13 N–H and O–H groups in total. The fourth-order valence-electron chi connectivity index (χ4n) is 5.33. The van der Waals surface area contributed by atoms with Crippen molar-refractivity contribution in [3.05, 3.63) is 11.6 Å². The van der Waals surface area contributed by atoms with E-state index in [0.717, 1.165) is 0 Å². The highest BCUT2D eigenvalue weighted by atomic mass is 16.7. The van der Waals surface area contributed by atoms with Crippen molar-refractivity contribution in [2.45, 2.75) is 124 Å². The molecule has 2 saturated heterocycles. The summed E-state index contributed by atoms with van der Waals surface area (Å²) in [5.41, 5.74) is 0.0312. The van der Waals surface area contributed by atoms with E-state index in [1.807, 2.05) is 0 Å². The van der Waals surface area contributed by atoms with Gasteiger partial charge in [0.15, 0.2) is 18.9 Å². The second kappa shape index (κ2) is 15.3. The van der Waals surface area contributed by atoms with Gasteiger partial charge in [0.05, 0.1) is 37.5 Å². The molecule has 1 aliphatic carbocycles. The summed E-state index contributed by atoms with van der Waals surface area (Å²) in [6, 6.07) is -2.12. The molecule has 0 aromatic rings. The maximum atomic E-state index is 10.9. The quantitative estimate of drug-likeness (QED) is 0.0704. The first-order chi connectivity index (χ1) is 20.2. The predicted octanol–water partition coefficient (Wildman–Crippen LogP) is -7.69. The molecule has 0 radical (unpaired) electrons. The van der Waals surface area contributed by atoms with Gasteiger partial charge in [-0.1, -0.05) is 6.08 Å². The lowest BCUT2D eigenvalue weighted by molar-refractivity contribution is -0.356. The van der Waals surface area contributed by atoms with E-state index in [0.29, 0.717) is 0 Å². The molecular weight excluding hydrogens is 586 g/mol. The van der Waals surface area contributed by atoms with E-state index in [1.54, 1.807) is 0 Å². The highest BCUT2D eigenvalue weighted by Crippen LogP contribution is 2.31. The molecule has 2 heterocycles. The molecule has 11 unspecified atom stereocenters. The summed E-state index contributed by atoms with van der Waals surface area (Å²) in [7, 11) is 0. The Hall–Kier alpha value is -1.27. The van der Waals surface area contributed by atoms with Gasteiger partial charge in [-0.15, -0.1) is 0 Å². The largest absolute Gasteiger partial charge is 0.394 e. The maximum Gasteiger partial charge on any atom is 0.187 e. The molecule has 0 bridgehead atoms. The van der Waals surface area contributed by atoms with Crippen LogP contribution < -0.4 is 5.32 Å². The van der Waals surface area contributed by atoms with Crippen molar-refractivity contribution in [1.29, 1.82) is 0 Å². The molecule has 18 heteroatoms. The Labute approximate surface area is 245 Å². The van der Waals surface area contributed by atoms with Crippen LogP contribution in [0.15, 0.2) is 11.6 Å². The average molecular weight is 630 g/mol. The Morgan fingerprint density at radius 1 is 0.860 bits per heavy atom. The Bertz CT molecular complexity index is 928. The van der Waals surface area contributed by atoms with Crippen LogP contribution in [0, 0.1) is 0 Å². The lowest BCUT2D eigenvalue weighted by Gasteiger charge is -2.48. The van der Waals surface area contributed by atoms with Crippen LogP contribution in [0.2, 0.25) is 0 Å². The van der Waals surface area contributed by atoms with E-state index in [-0.39, 0.29) is 11.9 Å².